The first-order valence-electron chi connectivity index (χ1n) is 5.56. The van der Waals surface area contributed by atoms with Crippen LogP contribution in [0.5, 0.6) is 0 Å². The summed E-state index contributed by atoms with van der Waals surface area (Å²) in [5.74, 6) is 0.284. The molecule has 3 aromatic rings. The minimum atomic E-state index is -0.326. The van der Waals surface area contributed by atoms with Gasteiger partial charge in [-0.1, -0.05) is 0 Å². The molecule has 0 unspecified atom stereocenters. The number of aromatic nitrogens is 5. The van der Waals surface area contributed by atoms with E-state index < -0.39 is 0 Å². The van der Waals surface area contributed by atoms with Crippen molar-refractivity contribution in [2.75, 3.05) is 11.1 Å². The summed E-state index contributed by atoms with van der Waals surface area (Å²) >= 11 is 1.22. The van der Waals surface area contributed by atoms with Gasteiger partial charge in [-0.15, -0.1) is 11.3 Å². The third kappa shape index (κ3) is 2.47. The molecule has 0 aromatic carbocycles. The molecule has 0 aliphatic carbocycles. The van der Waals surface area contributed by atoms with Crippen molar-refractivity contribution in [2.24, 2.45) is 0 Å². The van der Waals surface area contributed by atoms with E-state index in [0.29, 0.717) is 16.6 Å². The Morgan fingerprint density at radius 3 is 2.90 bits per heavy atom. The predicted octanol–water partition coefficient (Wildman–Crippen LogP) is 0.953. The van der Waals surface area contributed by atoms with Gasteiger partial charge >= 0.3 is 0 Å². The van der Waals surface area contributed by atoms with Crippen molar-refractivity contribution >= 4 is 28.1 Å². The molecule has 1 amide bonds. The van der Waals surface area contributed by atoms with E-state index in [4.69, 9.17) is 5.73 Å². The predicted molar refractivity (Wildman–Crippen MR) is 73.6 cm³/mol. The van der Waals surface area contributed by atoms with Crippen molar-refractivity contribution in [1.82, 2.24) is 24.7 Å². The third-order valence-corrected chi connectivity index (χ3v) is 3.09. The standard InChI is InChI=1S/C11H9N7OS/c12-11-17-8(4-20-11)10(19)16-7-1-2-9(14-3-7)18-6-13-5-15-18/h1-6H,(H2,12,17)(H,16,19). The lowest BCUT2D eigenvalue weighted by atomic mass is 10.3. The van der Waals surface area contributed by atoms with Gasteiger partial charge in [0.05, 0.1) is 11.9 Å². The average Bonchev–Trinajstić information content (AvgIpc) is 3.10. The van der Waals surface area contributed by atoms with Crippen molar-refractivity contribution in [1.29, 1.82) is 0 Å². The van der Waals surface area contributed by atoms with Crippen LogP contribution in [0.3, 0.4) is 0 Å². The minimum Gasteiger partial charge on any atom is -0.375 e. The molecule has 0 aliphatic rings. The number of thiazole rings is 1. The summed E-state index contributed by atoms with van der Waals surface area (Å²) in [6, 6.07) is 3.44. The quantitative estimate of drug-likeness (QED) is 0.742. The van der Waals surface area contributed by atoms with Crippen LogP contribution in [0.25, 0.3) is 5.82 Å². The van der Waals surface area contributed by atoms with Crippen LogP contribution >= 0.6 is 11.3 Å². The molecule has 3 aromatic heterocycles. The Hall–Kier alpha value is -2.81. The van der Waals surface area contributed by atoms with E-state index in [1.165, 1.54) is 28.5 Å². The number of hydrogen-bond acceptors (Lipinski definition) is 7. The van der Waals surface area contributed by atoms with E-state index in [-0.39, 0.29) is 11.6 Å². The summed E-state index contributed by atoms with van der Waals surface area (Å²) < 4.78 is 1.52. The highest BCUT2D eigenvalue weighted by molar-refractivity contribution is 7.13. The van der Waals surface area contributed by atoms with Crippen molar-refractivity contribution in [2.45, 2.75) is 0 Å². The molecule has 20 heavy (non-hydrogen) atoms. The normalized spacial score (nSPS) is 10.4. The van der Waals surface area contributed by atoms with Crippen LogP contribution in [0.1, 0.15) is 10.5 Å². The lowest BCUT2D eigenvalue weighted by Gasteiger charge is -2.04. The second-order valence-electron chi connectivity index (χ2n) is 3.77. The summed E-state index contributed by atoms with van der Waals surface area (Å²) in [4.78, 5) is 23.8. The van der Waals surface area contributed by atoms with E-state index in [0.717, 1.165) is 0 Å². The summed E-state index contributed by atoms with van der Waals surface area (Å²) in [5.41, 5.74) is 6.33. The molecule has 0 atom stereocenters. The number of carbonyl (C=O) groups excluding carboxylic acids is 1. The van der Waals surface area contributed by atoms with Crippen molar-refractivity contribution < 1.29 is 4.79 Å². The van der Waals surface area contributed by atoms with Gasteiger partial charge in [-0.25, -0.2) is 19.6 Å². The van der Waals surface area contributed by atoms with Gasteiger partial charge in [0.2, 0.25) is 0 Å². The number of nitrogens with two attached hydrogens (primary N) is 1. The van der Waals surface area contributed by atoms with Crippen LogP contribution in [0, 0.1) is 0 Å². The molecule has 8 nitrogen and oxygen atoms in total. The largest absolute Gasteiger partial charge is 0.375 e. The summed E-state index contributed by atoms with van der Waals surface area (Å²) in [7, 11) is 0. The first-order chi connectivity index (χ1) is 9.72. The lowest BCUT2D eigenvalue weighted by Crippen LogP contribution is -2.12. The fourth-order valence-electron chi connectivity index (χ4n) is 1.51. The topological polar surface area (TPSA) is 112 Å². The van der Waals surface area contributed by atoms with Gasteiger partial charge in [0.15, 0.2) is 10.9 Å². The van der Waals surface area contributed by atoms with Crippen molar-refractivity contribution in [3.63, 3.8) is 0 Å². The van der Waals surface area contributed by atoms with Gasteiger partial charge in [0.25, 0.3) is 5.91 Å². The Morgan fingerprint density at radius 1 is 1.40 bits per heavy atom. The molecule has 0 fully saturated rings. The van der Waals surface area contributed by atoms with E-state index in [2.05, 4.69) is 25.4 Å². The molecule has 0 saturated heterocycles. The molecule has 0 aliphatic heterocycles. The Labute approximate surface area is 117 Å². The van der Waals surface area contributed by atoms with Gasteiger partial charge in [-0.2, -0.15) is 5.10 Å². The Bertz CT molecular complexity index is 720. The fourth-order valence-corrected chi connectivity index (χ4v) is 2.05. The maximum atomic E-state index is 11.9. The zero-order chi connectivity index (χ0) is 13.9. The molecular formula is C11H9N7OS. The van der Waals surface area contributed by atoms with Crippen molar-refractivity contribution in [3.8, 4) is 5.82 Å². The van der Waals surface area contributed by atoms with Gasteiger partial charge in [-0.3, -0.25) is 4.79 Å². The highest BCUT2D eigenvalue weighted by Crippen LogP contribution is 2.14. The lowest BCUT2D eigenvalue weighted by molar-refractivity contribution is 0.102. The molecule has 3 N–H and O–H groups in total. The number of pyridine rings is 1. The number of nitrogens with zero attached hydrogens (tertiary/aromatic N) is 5. The average molecular weight is 287 g/mol. The third-order valence-electron chi connectivity index (χ3n) is 2.41. The Morgan fingerprint density at radius 2 is 2.30 bits per heavy atom. The van der Waals surface area contributed by atoms with Crippen LogP contribution in [0.15, 0.2) is 36.4 Å². The molecule has 3 rings (SSSR count). The highest BCUT2D eigenvalue weighted by atomic mass is 32.1. The number of anilines is 2. The van der Waals surface area contributed by atoms with Crippen LogP contribution in [-0.4, -0.2) is 30.6 Å². The van der Waals surface area contributed by atoms with Gasteiger partial charge in [0.1, 0.15) is 18.3 Å². The van der Waals surface area contributed by atoms with Gasteiger partial charge in [0, 0.05) is 5.38 Å². The number of carbonyl (C=O) groups is 1. The summed E-state index contributed by atoms with van der Waals surface area (Å²) in [6.45, 7) is 0. The number of rotatable bonds is 3. The first kappa shape index (κ1) is 12.2. The summed E-state index contributed by atoms with van der Waals surface area (Å²) in [5, 5.41) is 8.60. The number of nitrogens with one attached hydrogen (secondary N) is 1. The zero-order valence-electron chi connectivity index (χ0n) is 10.1. The second-order valence-corrected chi connectivity index (χ2v) is 4.66. The molecule has 0 radical (unpaired) electrons. The first-order valence-corrected chi connectivity index (χ1v) is 6.44. The van der Waals surface area contributed by atoms with E-state index in [1.807, 2.05) is 0 Å². The van der Waals surface area contributed by atoms with Crippen LogP contribution in [0.4, 0.5) is 10.8 Å². The fraction of sp³-hybridized carbons (Fsp3) is 0. The van der Waals surface area contributed by atoms with Gasteiger partial charge < -0.3 is 11.1 Å². The van der Waals surface area contributed by atoms with Gasteiger partial charge in [-0.05, 0) is 12.1 Å². The van der Waals surface area contributed by atoms with Crippen LogP contribution in [0.2, 0.25) is 0 Å². The maximum Gasteiger partial charge on any atom is 0.275 e. The molecule has 0 saturated carbocycles. The smallest absolute Gasteiger partial charge is 0.275 e. The number of nitrogen functional groups attached to an aromatic ring is 1. The van der Waals surface area contributed by atoms with Crippen molar-refractivity contribution in [3.05, 3.63) is 42.1 Å². The molecular weight excluding hydrogens is 278 g/mol. The molecule has 0 spiro atoms. The number of hydrogen-bond donors (Lipinski definition) is 2. The summed E-state index contributed by atoms with van der Waals surface area (Å²) in [6.07, 6.45) is 4.49. The van der Waals surface area contributed by atoms with Crippen LogP contribution < -0.4 is 11.1 Å². The molecule has 3 heterocycles. The maximum absolute atomic E-state index is 11.9. The van der Waals surface area contributed by atoms with E-state index >= 15 is 0 Å². The van der Waals surface area contributed by atoms with E-state index in [1.54, 1.807) is 23.8 Å². The van der Waals surface area contributed by atoms with Crippen LogP contribution in [-0.2, 0) is 0 Å². The number of amides is 1. The molecule has 0 bridgehead atoms. The highest BCUT2D eigenvalue weighted by Gasteiger charge is 2.10. The Kier molecular flexibility index (Phi) is 3.09. The second kappa shape index (κ2) is 5.05. The van der Waals surface area contributed by atoms with E-state index in [9.17, 15) is 4.79 Å². The Balaban J connectivity index is 1.74. The molecule has 100 valence electrons. The SMILES string of the molecule is Nc1nc(C(=O)Nc2ccc(-n3cncn3)nc2)cs1. The minimum absolute atomic E-state index is 0.285. The molecule has 9 heteroatoms. The zero-order valence-corrected chi connectivity index (χ0v) is 10.9. The monoisotopic (exact) mass is 287 g/mol.